The third-order valence-corrected chi connectivity index (χ3v) is 7.31. The van der Waals surface area contributed by atoms with Crippen molar-refractivity contribution in [1.82, 2.24) is 0 Å². The van der Waals surface area contributed by atoms with E-state index in [9.17, 15) is 0 Å². The van der Waals surface area contributed by atoms with Gasteiger partial charge in [-0.15, -0.1) is 0 Å². The van der Waals surface area contributed by atoms with Gasteiger partial charge in [-0.1, -0.05) is 56.2 Å². The summed E-state index contributed by atoms with van der Waals surface area (Å²) in [6, 6.07) is 0. The molecule has 0 saturated carbocycles. The zero-order chi connectivity index (χ0) is 12.8. The van der Waals surface area contributed by atoms with Crippen LogP contribution in [0.5, 0.6) is 0 Å². The van der Waals surface area contributed by atoms with Gasteiger partial charge in [0.1, 0.15) is 0 Å². The van der Waals surface area contributed by atoms with Gasteiger partial charge in [0, 0.05) is 10.5 Å². The van der Waals surface area contributed by atoms with Gasteiger partial charge in [-0.25, -0.2) is 0 Å². The monoisotopic (exact) mass is 262 g/mol. The highest BCUT2D eigenvalue weighted by Gasteiger charge is 2.22. The summed E-state index contributed by atoms with van der Waals surface area (Å²) in [5.41, 5.74) is 0. The lowest BCUT2D eigenvalue weighted by molar-refractivity contribution is 0.390. The number of hydrogen-bond donors (Lipinski definition) is 0. The van der Waals surface area contributed by atoms with Crippen LogP contribution in [-0.4, -0.2) is 10.5 Å². The molecule has 0 rings (SSSR count). The van der Waals surface area contributed by atoms with Crippen molar-refractivity contribution in [1.29, 1.82) is 0 Å². The van der Waals surface area contributed by atoms with Crippen molar-refractivity contribution >= 4 is 21.6 Å². The Bertz CT molecular complexity index is 174. The van der Waals surface area contributed by atoms with Gasteiger partial charge in [0.25, 0.3) is 0 Å². The van der Waals surface area contributed by atoms with E-state index in [1.54, 1.807) is 0 Å². The van der Waals surface area contributed by atoms with Crippen molar-refractivity contribution in [2.45, 2.75) is 66.1 Å². The average Bonchev–Trinajstić information content (AvgIpc) is 2.16. The first-order valence-corrected chi connectivity index (χ1v) is 8.90. The second kappa shape index (κ2) is 7.92. The van der Waals surface area contributed by atoms with E-state index in [4.69, 9.17) is 0 Å². The normalized spacial score (nSPS) is 14.8. The van der Waals surface area contributed by atoms with Gasteiger partial charge in [-0.3, -0.25) is 0 Å². The third kappa shape index (κ3) is 7.11. The van der Waals surface area contributed by atoms with Crippen LogP contribution in [0.1, 0.15) is 61.3 Å². The molecular weight excluding hydrogens is 232 g/mol. The van der Waals surface area contributed by atoms with E-state index < -0.39 is 0 Å². The average molecular weight is 263 g/mol. The molecule has 0 aromatic carbocycles. The van der Waals surface area contributed by atoms with Crippen LogP contribution in [0.15, 0.2) is 0 Å². The number of rotatable bonds is 8. The molecule has 0 saturated heterocycles. The smallest absolute Gasteiger partial charge is 0.0230 e. The maximum atomic E-state index is 2.38. The minimum Gasteiger partial charge on any atom is -0.0936 e. The molecule has 1 atom stereocenters. The van der Waals surface area contributed by atoms with Crippen LogP contribution in [-0.2, 0) is 0 Å². The molecule has 0 bridgehead atoms. The topological polar surface area (TPSA) is 0 Å². The fourth-order valence-corrected chi connectivity index (χ4v) is 4.04. The summed E-state index contributed by atoms with van der Waals surface area (Å²) in [5, 5.41) is 0. The number of hydrogen-bond acceptors (Lipinski definition) is 2. The molecule has 1 unspecified atom stereocenters. The maximum absolute atomic E-state index is 2.38. The van der Waals surface area contributed by atoms with Crippen LogP contribution in [0.3, 0.4) is 0 Å². The lowest BCUT2D eigenvalue weighted by Crippen LogP contribution is -2.21. The van der Waals surface area contributed by atoms with Crippen LogP contribution >= 0.6 is 21.6 Å². The molecule has 0 aliphatic rings. The Balaban J connectivity index is 3.54. The molecule has 0 spiro atoms. The summed E-state index contributed by atoms with van der Waals surface area (Å²) in [5.74, 6) is 3.77. The lowest BCUT2D eigenvalue weighted by atomic mass is 9.94. The Morgan fingerprint density at radius 2 is 1.56 bits per heavy atom. The molecule has 0 heterocycles. The summed E-state index contributed by atoms with van der Waals surface area (Å²) >= 11 is 0. The summed E-state index contributed by atoms with van der Waals surface area (Å²) < 4.78 is 0.411. The summed E-state index contributed by atoms with van der Waals surface area (Å²) in [6.07, 6.45) is 2.75. The lowest BCUT2D eigenvalue weighted by Gasteiger charge is -2.27. The molecule has 0 nitrogen and oxygen atoms in total. The largest absolute Gasteiger partial charge is 0.0936 e. The fraction of sp³-hybridized carbons (Fsp3) is 1.00. The summed E-state index contributed by atoms with van der Waals surface area (Å²) in [7, 11) is 4.12. The molecule has 0 aromatic heterocycles. The van der Waals surface area contributed by atoms with Crippen molar-refractivity contribution in [3.63, 3.8) is 0 Å². The molecule has 0 aliphatic heterocycles. The Kier molecular flexibility index (Phi) is 8.26. The van der Waals surface area contributed by atoms with Gasteiger partial charge in [-0.2, -0.15) is 0 Å². The van der Waals surface area contributed by atoms with Crippen LogP contribution in [0.2, 0.25) is 0 Å². The second-order valence-electron chi connectivity index (χ2n) is 6.03. The van der Waals surface area contributed by atoms with Crippen molar-refractivity contribution in [2.75, 3.05) is 5.75 Å². The Morgan fingerprint density at radius 1 is 1.00 bits per heavy atom. The highest BCUT2D eigenvalue weighted by atomic mass is 33.1. The summed E-state index contributed by atoms with van der Waals surface area (Å²) in [4.78, 5) is 0. The minimum absolute atomic E-state index is 0.411. The van der Waals surface area contributed by atoms with E-state index in [1.165, 1.54) is 18.6 Å². The molecule has 0 aromatic rings. The van der Waals surface area contributed by atoms with Gasteiger partial charge < -0.3 is 0 Å². The molecule has 98 valence electrons. The Hall–Kier alpha value is 0.700. The molecule has 0 N–H and O–H groups in total. The Morgan fingerprint density at radius 3 is 2.00 bits per heavy atom. The maximum Gasteiger partial charge on any atom is 0.0230 e. The van der Waals surface area contributed by atoms with Gasteiger partial charge in [0.05, 0.1) is 0 Å². The Labute approximate surface area is 111 Å². The SMILES string of the molecule is CC(C)C(C)CCCSSC(C)(C)C(C)C. The molecule has 0 amide bonds. The van der Waals surface area contributed by atoms with Crippen LogP contribution in [0.4, 0.5) is 0 Å². The first kappa shape index (κ1) is 16.7. The van der Waals surface area contributed by atoms with E-state index >= 15 is 0 Å². The quantitative estimate of drug-likeness (QED) is 0.396. The zero-order valence-corrected chi connectivity index (χ0v) is 13.8. The standard InChI is InChI=1S/C14H30S2/c1-11(2)13(5)9-8-10-15-16-14(6,7)12(3)4/h11-13H,8-10H2,1-7H3. The van der Waals surface area contributed by atoms with E-state index in [0.29, 0.717) is 4.75 Å². The summed E-state index contributed by atoms with van der Waals surface area (Å²) in [6.45, 7) is 16.4. The van der Waals surface area contributed by atoms with E-state index in [1.807, 2.05) is 0 Å². The molecule has 0 aliphatic carbocycles. The third-order valence-electron chi connectivity index (χ3n) is 3.69. The molecule has 2 heteroatoms. The highest BCUT2D eigenvalue weighted by molar-refractivity contribution is 8.77. The predicted molar refractivity (Wildman–Crippen MR) is 82.2 cm³/mol. The second-order valence-corrected chi connectivity index (χ2v) is 9.10. The van der Waals surface area contributed by atoms with Crippen LogP contribution in [0, 0.1) is 17.8 Å². The van der Waals surface area contributed by atoms with Crippen molar-refractivity contribution < 1.29 is 0 Å². The van der Waals surface area contributed by atoms with E-state index in [2.05, 4.69) is 70.1 Å². The van der Waals surface area contributed by atoms with E-state index in [0.717, 1.165) is 17.8 Å². The van der Waals surface area contributed by atoms with Crippen LogP contribution in [0.25, 0.3) is 0 Å². The van der Waals surface area contributed by atoms with Crippen molar-refractivity contribution in [3.05, 3.63) is 0 Å². The van der Waals surface area contributed by atoms with Crippen LogP contribution < -0.4 is 0 Å². The minimum atomic E-state index is 0.411. The first-order chi connectivity index (χ1) is 7.27. The van der Waals surface area contributed by atoms with Gasteiger partial charge in [0.15, 0.2) is 0 Å². The highest BCUT2D eigenvalue weighted by Crippen LogP contribution is 2.41. The zero-order valence-electron chi connectivity index (χ0n) is 12.2. The van der Waals surface area contributed by atoms with E-state index in [-0.39, 0.29) is 0 Å². The molecule has 0 fully saturated rings. The fourth-order valence-electron chi connectivity index (χ4n) is 1.09. The van der Waals surface area contributed by atoms with Gasteiger partial charge in [-0.05, 0) is 44.4 Å². The van der Waals surface area contributed by atoms with Gasteiger partial charge >= 0.3 is 0 Å². The molecular formula is C14H30S2. The molecule has 16 heavy (non-hydrogen) atoms. The van der Waals surface area contributed by atoms with Crippen molar-refractivity contribution in [2.24, 2.45) is 17.8 Å². The van der Waals surface area contributed by atoms with Crippen molar-refractivity contribution in [3.8, 4) is 0 Å². The predicted octanol–water partition coefficient (Wildman–Crippen LogP) is 5.87. The van der Waals surface area contributed by atoms with Gasteiger partial charge in [0.2, 0.25) is 0 Å². The first-order valence-electron chi connectivity index (χ1n) is 6.58. The molecule has 0 radical (unpaired) electrons.